The van der Waals surface area contributed by atoms with Gasteiger partial charge in [-0.1, -0.05) is 278 Å². The molecule has 0 atom stereocenters. The molecule has 6 nitrogen and oxygen atoms in total. The lowest BCUT2D eigenvalue weighted by Gasteiger charge is -2.14. The Balaban J connectivity index is 4.31. The van der Waals surface area contributed by atoms with Gasteiger partial charge in [0.05, 0.1) is 0 Å². The fourth-order valence-corrected chi connectivity index (χ4v) is 9.28. The molecule has 0 radical (unpaired) electrons. The lowest BCUT2D eigenvalue weighted by molar-refractivity contribution is -0.148. The number of carbonyl (C=O) groups is 3. The van der Waals surface area contributed by atoms with Gasteiger partial charge in [0.2, 0.25) is 0 Å². The Morgan fingerprint density at radius 1 is 0.237 bits per heavy atom. The molecule has 0 bridgehead atoms. The average molecular weight is 849 g/mol. The van der Waals surface area contributed by atoms with Crippen LogP contribution in [0.3, 0.4) is 0 Å². The maximum absolute atomic E-state index is 12.8. The molecule has 0 aliphatic heterocycles. The molecule has 0 N–H and O–H groups in total. The first-order valence-corrected chi connectivity index (χ1v) is 28.0. The van der Waals surface area contributed by atoms with Gasteiger partial charge in [0.25, 0.3) is 17.9 Å². The highest BCUT2D eigenvalue weighted by atomic mass is 27.3. The Morgan fingerprint density at radius 3 is 0.525 bits per heavy atom. The Hall–Kier alpha value is -1.06. The van der Waals surface area contributed by atoms with E-state index in [9.17, 15) is 14.4 Å². The van der Waals surface area contributed by atoms with Crippen molar-refractivity contribution in [2.75, 3.05) is 0 Å². The number of unbranched alkanes of at least 4 members (excludes halogenated alkanes) is 40. The Morgan fingerprint density at radius 2 is 0.373 bits per heavy atom. The van der Waals surface area contributed by atoms with E-state index in [1.165, 1.54) is 218 Å². The van der Waals surface area contributed by atoms with Crippen molar-refractivity contribution in [2.45, 2.75) is 316 Å². The predicted octanol–water partition coefficient (Wildman–Crippen LogP) is 17.6. The maximum Gasteiger partial charge on any atom is 1.20 e. The van der Waals surface area contributed by atoms with Crippen molar-refractivity contribution in [3.05, 3.63) is 0 Å². The molecular formula is C52H101AlO6. The highest BCUT2D eigenvalue weighted by Gasteiger charge is 2.48. The van der Waals surface area contributed by atoms with Crippen molar-refractivity contribution in [1.29, 1.82) is 0 Å². The smallest absolute Gasteiger partial charge is 0.551 e. The first-order valence-electron chi connectivity index (χ1n) is 26.6. The zero-order valence-electron chi connectivity index (χ0n) is 40.1. The van der Waals surface area contributed by atoms with Gasteiger partial charge in [0, 0.05) is 19.3 Å². The second kappa shape index (κ2) is 49.6. The van der Waals surface area contributed by atoms with Crippen LogP contribution in [0, 0.1) is 0 Å². The molecular weight excluding hydrogens is 748 g/mol. The Bertz CT molecular complexity index is 833. The zero-order valence-corrected chi connectivity index (χ0v) is 41.2. The SMILES string of the molecule is CCCCCCCCCCCCCCCCCC(=O)[O][Al]([O]C(=O)CCCCCCCCCCCCCCC)[O]C(=O)CCCCCCCCCCCCCCCCC. The largest absolute Gasteiger partial charge is 1.20 e. The molecule has 59 heavy (non-hydrogen) atoms. The standard InChI is InChI=1S/2C18H36O2.C16H32O2.Al/c2*1-2-3-4-5-6-7-8-9-10-11-12-13-14-15-16-17-18(19)20;1-2-3-4-5-6-7-8-9-10-11-12-13-14-15-16(17)18;/h2*2-17H2,1H3,(H,19,20);2-15H2,1H3,(H,17,18);/q;;;+3/p-3. The van der Waals surface area contributed by atoms with E-state index in [2.05, 4.69) is 20.8 Å². The summed E-state index contributed by atoms with van der Waals surface area (Å²) in [5.41, 5.74) is 0. The van der Waals surface area contributed by atoms with Crippen LogP contribution in [0.15, 0.2) is 0 Å². The second-order valence-corrected chi connectivity index (χ2v) is 19.4. The summed E-state index contributed by atoms with van der Waals surface area (Å²) in [6.45, 7) is 6.81. The Labute approximate surface area is 373 Å². The quantitative estimate of drug-likeness (QED) is 0.0448. The van der Waals surface area contributed by atoms with Crippen molar-refractivity contribution in [2.24, 2.45) is 0 Å². The number of rotatable bonds is 49. The highest BCUT2D eigenvalue weighted by Crippen LogP contribution is 2.17. The van der Waals surface area contributed by atoms with E-state index in [0.717, 1.165) is 57.8 Å². The lowest BCUT2D eigenvalue weighted by Crippen LogP contribution is -2.34. The molecule has 0 aromatic heterocycles. The molecule has 348 valence electrons. The van der Waals surface area contributed by atoms with Crippen molar-refractivity contribution < 1.29 is 25.7 Å². The van der Waals surface area contributed by atoms with Crippen LogP contribution in [-0.2, 0) is 25.7 Å². The predicted molar refractivity (Wildman–Crippen MR) is 253 cm³/mol. The van der Waals surface area contributed by atoms with Crippen LogP contribution in [-0.4, -0.2) is 33.1 Å². The fourth-order valence-electron chi connectivity index (χ4n) is 8.14. The Kier molecular flexibility index (Phi) is 48.7. The van der Waals surface area contributed by atoms with Crippen LogP contribution in [0.1, 0.15) is 316 Å². The van der Waals surface area contributed by atoms with E-state index in [1.807, 2.05) is 0 Å². The van der Waals surface area contributed by atoms with Gasteiger partial charge in [-0.2, -0.15) is 0 Å². The third-order valence-electron chi connectivity index (χ3n) is 12.1. The van der Waals surface area contributed by atoms with Gasteiger partial charge in [0.15, 0.2) is 0 Å². The molecule has 0 saturated carbocycles. The summed E-state index contributed by atoms with van der Waals surface area (Å²) in [6, 6.07) is 0. The molecule has 7 heteroatoms. The average Bonchev–Trinajstić information content (AvgIpc) is 3.22. The topological polar surface area (TPSA) is 78.9 Å². The van der Waals surface area contributed by atoms with Crippen molar-refractivity contribution in [1.82, 2.24) is 0 Å². The third kappa shape index (κ3) is 47.8. The molecule has 0 saturated heterocycles. The van der Waals surface area contributed by atoms with E-state index < -0.39 is 33.1 Å². The van der Waals surface area contributed by atoms with Gasteiger partial charge in [-0.3, -0.25) is 14.4 Å². The maximum atomic E-state index is 12.8. The van der Waals surface area contributed by atoms with Gasteiger partial charge in [0.1, 0.15) is 0 Å². The molecule has 0 aliphatic rings. The van der Waals surface area contributed by atoms with Crippen LogP contribution >= 0.6 is 0 Å². The summed E-state index contributed by atoms with van der Waals surface area (Å²) in [5.74, 6) is -1.24. The molecule has 0 fully saturated rings. The summed E-state index contributed by atoms with van der Waals surface area (Å²) in [7, 11) is 0. The van der Waals surface area contributed by atoms with Crippen LogP contribution in [0.25, 0.3) is 0 Å². The van der Waals surface area contributed by atoms with Gasteiger partial charge < -0.3 is 11.4 Å². The zero-order chi connectivity index (χ0) is 43.0. The van der Waals surface area contributed by atoms with Crippen LogP contribution < -0.4 is 0 Å². The molecule has 0 rings (SSSR count). The van der Waals surface area contributed by atoms with Gasteiger partial charge in [-0.25, -0.2) is 0 Å². The third-order valence-corrected chi connectivity index (χ3v) is 13.5. The normalized spacial score (nSPS) is 11.2. The van der Waals surface area contributed by atoms with Crippen LogP contribution in [0.2, 0.25) is 0 Å². The minimum absolute atomic E-state index is 0.272. The van der Waals surface area contributed by atoms with Crippen LogP contribution in [0.5, 0.6) is 0 Å². The molecule has 0 unspecified atom stereocenters. The van der Waals surface area contributed by atoms with Crippen LogP contribution in [0.4, 0.5) is 0 Å². The minimum atomic E-state index is -3.24. The van der Waals surface area contributed by atoms with Crippen molar-refractivity contribution >= 4 is 33.1 Å². The van der Waals surface area contributed by atoms with Crippen molar-refractivity contribution in [3.63, 3.8) is 0 Å². The molecule has 0 aliphatic carbocycles. The van der Waals surface area contributed by atoms with E-state index in [-0.39, 0.29) is 19.3 Å². The van der Waals surface area contributed by atoms with E-state index >= 15 is 0 Å². The summed E-state index contributed by atoms with van der Waals surface area (Å²) >= 11 is -3.24. The van der Waals surface area contributed by atoms with E-state index in [4.69, 9.17) is 11.4 Å². The first-order chi connectivity index (χ1) is 29.0. The van der Waals surface area contributed by atoms with Gasteiger partial charge in [-0.15, -0.1) is 0 Å². The lowest BCUT2D eigenvalue weighted by atomic mass is 10.0. The van der Waals surface area contributed by atoms with E-state index in [1.54, 1.807) is 0 Å². The van der Waals surface area contributed by atoms with Crippen molar-refractivity contribution in [3.8, 4) is 0 Å². The first kappa shape index (κ1) is 57.9. The molecule has 0 spiro atoms. The number of hydrogen-bond donors (Lipinski definition) is 0. The molecule has 0 heterocycles. The second-order valence-electron chi connectivity index (χ2n) is 18.2. The van der Waals surface area contributed by atoms with Gasteiger partial charge >= 0.3 is 15.1 Å². The molecule has 0 aromatic carbocycles. The number of carbonyl (C=O) groups excluding carboxylic acids is 3. The number of hydrogen-bond acceptors (Lipinski definition) is 6. The van der Waals surface area contributed by atoms with E-state index in [0.29, 0.717) is 0 Å². The minimum Gasteiger partial charge on any atom is -0.551 e. The summed E-state index contributed by atoms with van der Waals surface area (Å²) < 4.78 is 16.7. The fraction of sp³-hybridized carbons (Fsp3) is 0.942. The summed E-state index contributed by atoms with van der Waals surface area (Å²) in [4.78, 5) is 38.3. The molecule has 0 amide bonds. The van der Waals surface area contributed by atoms with Gasteiger partial charge in [-0.05, 0) is 19.3 Å². The summed E-state index contributed by atoms with van der Waals surface area (Å²) in [5, 5.41) is 0. The summed E-state index contributed by atoms with van der Waals surface area (Å²) in [6.07, 6.45) is 54.9. The monoisotopic (exact) mass is 849 g/mol. The highest BCUT2D eigenvalue weighted by molar-refractivity contribution is 6.44. The molecule has 0 aromatic rings.